The molecule has 0 bridgehead atoms. The van der Waals surface area contributed by atoms with Crippen LogP contribution in [0.5, 0.6) is 0 Å². The van der Waals surface area contributed by atoms with Crippen molar-refractivity contribution in [3.05, 3.63) is 35.4 Å². The van der Waals surface area contributed by atoms with Gasteiger partial charge in [0, 0.05) is 0 Å². The smallest absolute Gasteiger partial charge is 0.332 e. The molecule has 0 fully saturated rings. The molecule has 2 amide bonds. The van der Waals surface area contributed by atoms with Crippen LogP contribution in [-0.2, 0) is 9.53 Å². The van der Waals surface area contributed by atoms with Crippen LogP contribution in [0.3, 0.4) is 0 Å². The van der Waals surface area contributed by atoms with Crippen molar-refractivity contribution in [1.82, 2.24) is 4.90 Å². The molecule has 1 heterocycles. The molecule has 6 nitrogen and oxygen atoms in total. The zero-order chi connectivity index (χ0) is 16.5. The van der Waals surface area contributed by atoms with Gasteiger partial charge >= 0.3 is 5.97 Å². The van der Waals surface area contributed by atoms with E-state index in [9.17, 15) is 14.4 Å². The number of ether oxygens (including phenoxy) is 1. The largest absolute Gasteiger partial charge is 0.479 e. The van der Waals surface area contributed by atoms with Gasteiger partial charge in [-0.2, -0.15) is 0 Å². The van der Waals surface area contributed by atoms with E-state index in [0.717, 1.165) is 4.90 Å². The van der Waals surface area contributed by atoms with Crippen LogP contribution in [0.25, 0.3) is 0 Å². The van der Waals surface area contributed by atoms with Crippen molar-refractivity contribution >= 4 is 17.8 Å². The summed E-state index contributed by atoms with van der Waals surface area (Å²) in [6, 6.07) is 6.63. The Kier molecular flexibility index (Phi) is 4.32. The average molecular weight is 305 g/mol. The van der Waals surface area contributed by atoms with Crippen LogP contribution in [0, 0.1) is 0 Å². The second-order valence-corrected chi connectivity index (χ2v) is 5.85. The summed E-state index contributed by atoms with van der Waals surface area (Å²) in [6.07, 6.45) is -0.637. The molecule has 1 aliphatic heterocycles. The molecule has 0 spiro atoms. The highest BCUT2D eigenvalue weighted by Gasteiger charge is 2.44. The summed E-state index contributed by atoms with van der Waals surface area (Å²) in [7, 11) is 0. The second-order valence-electron chi connectivity index (χ2n) is 5.85. The Balaban J connectivity index is 2.19. The number of fused-ring (bicyclic) bond motifs is 1. The lowest BCUT2D eigenvalue weighted by molar-refractivity contribution is -0.152. The Bertz CT molecular complexity index is 588. The molecule has 2 rings (SSSR count). The van der Waals surface area contributed by atoms with Crippen LogP contribution in [-0.4, -0.2) is 46.0 Å². The molecule has 0 saturated heterocycles. The van der Waals surface area contributed by atoms with E-state index in [1.165, 1.54) is 0 Å². The number of aliphatic carboxylic acids is 1. The minimum absolute atomic E-state index is 0.0384. The van der Waals surface area contributed by atoms with Gasteiger partial charge in [-0.05, 0) is 32.4 Å². The first-order valence-corrected chi connectivity index (χ1v) is 7.12. The summed E-state index contributed by atoms with van der Waals surface area (Å²) < 4.78 is 5.38. The predicted molar refractivity (Wildman–Crippen MR) is 78.7 cm³/mol. The van der Waals surface area contributed by atoms with Crippen molar-refractivity contribution in [3.63, 3.8) is 0 Å². The molecule has 0 aliphatic carbocycles. The lowest BCUT2D eigenvalue weighted by Gasteiger charge is -2.34. The van der Waals surface area contributed by atoms with E-state index in [4.69, 9.17) is 9.84 Å². The molecule has 22 heavy (non-hydrogen) atoms. The highest BCUT2D eigenvalue weighted by Crippen LogP contribution is 2.29. The Morgan fingerprint density at radius 3 is 2.14 bits per heavy atom. The number of benzene rings is 1. The minimum atomic E-state index is -1.05. The predicted octanol–water partition coefficient (Wildman–Crippen LogP) is 1.94. The zero-order valence-corrected chi connectivity index (χ0v) is 12.8. The van der Waals surface area contributed by atoms with Crippen molar-refractivity contribution in [2.24, 2.45) is 0 Å². The van der Waals surface area contributed by atoms with Gasteiger partial charge in [-0.15, -0.1) is 0 Å². The first-order chi connectivity index (χ1) is 10.3. The van der Waals surface area contributed by atoms with Crippen LogP contribution in [0.2, 0.25) is 0 Å². The number of carbonyl (C=O) groups excluding carboxylic acids is 2. The molecule has 1 aromatic carbocycles. The molecule has 6 heteroatoms. The van der Waals surface area contributed by atoms with Crippen molar-refractivity contribution < 1.29 is 24.2 Å². The van der Waals surface area contributed by atoms with Gasteiger partial charge in [0.15, 0.2) is 6.10 Å². The lowest BCUT2D eigenvalue weighted by Crippen LogP contribution is -2.51. The van der Waals surface area contributed by atoms with Gasteiger partial charge in [-0.3, -0.25) is 14.5 Å². The third-order valence-corrected chi connectivity index (χ3v) is 3.68. The van der Waals surface area contributed by atoms with Crippen LogP contribution in [0.4, 0.5) is 0 Å². The first kappa shape index (κ1) is 16.2. The fourth-order valence-corrected chi connectivity index (χ4v) is 2.47. The Morgan fingerprint density at radius 2 is 1.73 bits per heavy atom. The van der Waals surface area contributed by atoms with Gasteiger partial charge in [0.25, 0.3) is 11.8 Å². The zero-order valence-electron chi connectivity index (χ0n) is 12.8. The van der Waals surface area contributed by atoms with Crippen molar-refractivity contribution in [3.8, 4) is 0 Å². The van der Waals surface area contributed by atoms with E-state index in [-0.39, 0.29) is 18.4 Å². The van der Waals surface area contributed by atoms with E-state index in [2.05, 4.69) is 0 Å². The number of carboxylic acids is 1. The molecule has 1 atom stereocenters. The van der Waals surface area contributed by atoms with Crippen LogP contribution >= 0.6 is 0 Å². The minimum Gasteiger partial charge on any atom is -0.479 e. The summed E-state index contributed by atoms with van der Waals surface area (Å²) in [5.74, 6) is -1.81. The summed E-state index contributed by atoms with van der Waals surface area (Å²) in [5, 5.41) is 9.01. The molecule has 1 aromatic rings. The molecule has 118 valence electrons. The van der Waals surface area contributed by atoms with E-state index < -0.39 is 17.6 Å². The van der Waals surface area contributed by atoms with E-state index >= 15 is 0 Å². The van der Waals surface area contributed by atoms with E-state index in [0.29, 0.717) is 17.5 Å². The molecule has 0 radical (unpaired) electrons. The standard InChI is InChI=1S/C16H19NO5/c1-4-12(15(20)21)22-9-16(2,3)17-13(18)10-7-5-6-8-11(10)14(17)19/h5-8,12H,4,9H2,1-3H3,(H,20,21). The topological polar surface area (TPSA) is 83.9 Å². The van der Waals surface area contributed by atoms with Crippen LogP contribution in [0.15, 0.2) is 24.3 Å². The number of imide groups is 1. The first-order valence-electron chi connectivity index (χ1n) is 7.12. The van der Waals surface area contributed by atoms with E-state index in [1.54, 1.807) is 45.0 Å². The maximum absolute atomic E-state index is 12.4. The second kappa shape index (κ2) is 5.88. The lowest BCUT2D eigenvalue weighted by atomic mass is 10.0. The van der Waals surface area contributed by atoms with Gasteiger partial charge in [0.05, 0.1) is 23.3 Å². The fraction of sp³-hybridized carbons (Fsp3) is 0.438. The fourth-order valence-electron chi connectivity index (χ4n) is 2.47. The highest BCUT2D eigenvalue weighted by molar-refractivity contribution is 6.21. The molecule has 1 aliphatic rings. The Morgan fingerprint density at radius 1 is 1.23 bits per heavy atom. The summed E-state index contributed by atoms with van der Waals surface area (Å²) in [6.45, 7) is 5.03. The molecule has 0 aromatic heterocycles. The van der Waals surface area contributed by atoms with Gasteiger partial charge in [0.2, 0.25) is 0 Å². The van der Waals surface area contributed by atoms with Crippen LogP contribution < -0.4 is 0 Å². The maximum Gasteiger partial charge on any atom is 0.332 e. The molecule has 1 N–H and O–H groups in total. The maximum atomic E-state index is 12.4. The number of amides is 2. The Labute approximate surface area is 128 Å². The normalized spacial score (nSPS) is 15.9. The van der Waals surface area contributed by atoms with Gasteiger partial charge < -0.3 is 9.84 Å². The van der Waals surface area contributed by atoms with Crippen LogP contribution in [0.1, 0.15) is 47.9 Å². The van der Waals surface area contributed by atoms with Crippen molar-refractivity contribution in [1.29, 1.82) is 0 Å². The summed E-state index contributed by atoms with van der Waals surface area (Å²) in [4.78, 5) is 37.0. The number of rotatable bonds is 6. The third kappa shape index (κ3) is 2.74. The molecule has 0 saturated carbocycles. The summed E-state index contributed by atoms with van der Waals surface area (Å²) >= 11 is 0. The average Bonchev–Trinajstić information content (AvgIpc) is 2.72. The Hall–Kier alpha value is -2.21. The van der Waals surface area contributed by atoms with Gasteiger partial charge in [-0.25, -0.2) is 4.79 Å². The third-order valence-electron chi connectivity index (χ3n) is 3.68. The molecule has 1 unspecified atom stereocenters. The SMILES string of the molecule is CCC(OCC(C)(C)N1C(=O)c2ccccc2C1=O)C(=O)O. The quantitative estimate of drug-likeness (QED) is 0.812. The van der Waals surface area contributed by atoms with Gasteiger partial charge in [-0.1, -0.05) is 19.1 Å². The molecular formula is C16H19NO5. The monoisotopic (exact) mass is 305 g/mol. The number of carbonyl (C=O) groups is 3. The molecular weight excluding hydrogens is 286 g/mol. The van der Waals surface area contributed by atoms with Gasteiger partial charge in [0.1, 0.15) is 0 Å². The highest BCUT2D eigenvalue weighted by atomic mass is 16.5. The summed E-state index contributed by atoms with van der Waals surface area (Å²) in [5.41, 5.74) is -0.201. The van der Waals surface area contributed by atoms with E-state index in [1.807, 2.05) is 0 Å². The number of hydrogen-bond acceptors (Lipinski definition) is 4. The van der Waals surface area contributed by atoms with Crippen molar-refractivity contribution in [2.75, 3.05) is 6.61 Å². The number of hydrogen-bond donors (Lipinski definition) is 1. The number of nitrogens with zero attached hydrogens (tertiary/aromatic N) is 1. The van der Waals surface area contributed by atoms with Crippen molar-refractivity contribution in [2.45, 2.75) is 38.8 Å². The number of carboxylic acid groups (broad SMARTS) is 1.